The Morgan fingerprint density at radius 2 is 1.60 bits per heavy atom. The number of carbonyl (C=O) groups is 3. The van der Waals surface area contributed by atoms with E-state index in [4.69, 9.17) is 4.42 Å². The summed E-state index contributed by atoms with van der Waals surface area (Å²) in [6.07, 6.45) is 10.5. The Balaban J connectivity index is 1.54. The van der Waals surface area contributed by atoms with E-state index in [0.29, 0.717) is 38.6 Å². The zero-order valence-electron chi connectivity index (χ0n) is 20.5. The minimum Gasteiger partial charge on any atom is -0.459 e. The van der Waals surface area contributed by atoms with Gasteiger partial charge in [-0.25, -0.2) is 0 Å². The summed E-state index contributed by atoms with van der Waals surface area (Å²) in [5.74, 6) is -0.363. The molecule has 1 saturated carbocycles. The second kappa shape index (κ2) is 10.9. The van der Waals surface area contributed by atoms with Gasteiger partial charge >= 0.3 is 0 Å². The van der Waals surface area contributed by atoms with Crippen molar-refractivity contribution < 1.29 is 18.8 Å². The van der Waals surface area contributed by atoms with E-state index < -0.39 is 17.2 Å². The number of pyridine rings is 1. The third kappa shape index (κ3) is 5.83. The molecular formula is C26H34N4O5. The molecule has 188 valence electrons. The van der Waals surface area contributed by atoms with Crippen molar-refractivity contribution in [2.24, 2.45) is 5.92 Å². The molecule has 2 aliphatic rings. The Morgan fingerprint density at radius 3 is 2.20 bits per heavy atom. The van der Waals surface area contributed by atoms with Gasteiger partial charge in [0, 0.05) is 51.2 Å². The molecule has 35 heavy (non-hydrogen) atoms. The fraction of sp³-hybridized carbons (Fsp3) is 0.538. The first-order valence-electron chi connectivity index (χ1n) is 12.5. The fourth-order valence-electron chi connectivity index (χ4n) is 4.90. The van der Waals surface area contributed by atoms with Crippen LogP contribution in [-0.4, -0.2) is 64.3 Å². The number of hydrogen-bond acceptors (Lipinski definition) is 5. The van der Waals surface area contributed by atoms with E-state index in [2.05, 4.69) is 5.32 Å². The smallest absolute Gasteiger partial charge is 0.289 e. The molecule has 9 nitrogen and oxygen atoms in total. The van der Waals surface area contributed by atoms with Crippen LogP contribution in [0.25, 0.3) is 0 Å². The molecular weight excluding hydrogens is 448 g/mol. The number of amides is 3. The molecule has 1 aliphatic carbocycles. The summed E-state index contributed by atoms with van der Waals surface area (Å²) >= 11 is 0. The van der Waals surface area contributed by atoms with Gasteiger partial charge in [0.05, 0.1) is 6.26 Å². The highest BCUT2D eigenvalue weighted by atomic mass is 16.3. The Kier molecular flexibility index (Phi) is 7.73. The van der Waals surface area contributed by atoms with Crippen molar-refractivity contribution in [2.75, 3.05) is 26.2 Å². The molecule has 3 amide bonds. The Morgan fingerprint density at radius 1 is 0.971 bits per heavy atom. The second-order valence-electron chi connectivity index (χ2n) is 9.81. The van der Waals surface area contributed by atoms with Crippen molar-refractivity contribution in [3.05, 3.63) is 57.9 Å². The van der Waals surface area contributed by atoms with Gasteiger partial charge in [0.2, 0.25) is 5.43 Å². The number of piperazine rings is 1. The van der Waals surface area contributed by atoms with Gasteiger partial charge in [-0.1, -0.05) is 19.3 Å². The van der Waals surface area contributed by atoms with Crippen LogP contribution in [0.15, 0.2) is 40.0 Å². The van der Waals surface area contributed by atoms with Gasteiger partial charge in [-0.2, -0.15) is 0 Å². The Bertz CT molecular complexity index is 1110. The first-order chi connectivity index (χ1) is 16.8. The summed E-state index contributed by atoms with van der Waals surface area (Å²) in [4.78, 5) is 55.2. The predicted octanol–water partition coefficient (Wildman–Crippen LogP) is 2.76. The van der Waals surface area contributed by atoms with E-state index >= 15 is 0 Å². The van der Waals surface area contributed by atoms with E-state index in [1.165, 1.54) is 25.5 Å². The van der Waals surface area contributed by atoms with E-state index in [1.54, 1.807) is 34.3 Å². The molecule has 0 spiro atoms. The minimum absolute atomic E-state index is 0.00280. The van der Waals surface area contributed by atoms with Crippen LogP contribution in [0.2, 0.25) is 0 Å². The van der Waals surface area contributed by atoms with Crippen LogP contribution in [0.1, 0.15) is 77.2 Å². The third-order valence-corrected chi connectivity index (χ3v) is 6.75. The molecule has 2 fully saturated rings. The molecule has 1 saturated heterocycles. The molecule has 2 aromatic heterocycles. The van der Waals surface area contributed by atoms with Gasteiger partial charge in [-0.15, -0.1) is 0 Å². The summed E-state index contributed by atoms with van der Waals surface area (Å²) in [5, 5.41) is 2.78. The molecule has 3 heterocycles. The van der Waals surface area contributed by atoms with Crippen molar-refractivity contribution in [1.82, 2.24) is 19.7 Å². The predicted molar refractivity (Wildman–Crippen MR) is 130 cm³/mol. The summed E-state index contributed by atoms with van der Waals surface area (Å²) in [6, 6.07) is 3.14. The SMILES string of the molecule is CC(C)NC(=O)c1cn(CC2CCCCC2)cc(C(=O)N2CCN(C(=O)c3ccco3)CC2)c1=O. The zero-order chi connectivity index (χ0) is 24.9. The van der Waals surface area contributed by atoms with Crippen LogP contribution in [-0.2, 0) is 6.54 Å². The quantitative estimate of drug-likeness (QED) is 0.682. The average Bonchev–Trinajstić information content (AvgIpc) is 3.39. The number of aromatic nitrogens is 1. The van der Waals surface area contributed by atoms with Gasteiger partial charge in [-0.3, -0.25) is 19.2 Å². The second-order valence-corrected chi connectivity index (χ2v) is 9.81. The van der Waals surface area contributed by atoms with Gasteiger partial charge in [0.25, 0.3) is 17.7 Å². The molecule has 1 N–H and O–H groups in total. The van der Waals surface area contributed by atoms with Crippen molar-refractivity contribution in [1.29, 1.82) is 0 Å². The molecule has 0 aromatic carbocycles. The molecule has 0 unspecified atom stereocenters. The molecule has 0 bridgehead atoms. The number of hydrogen-bond donors (Lipinski definition) is 1. The molecule has 9 heteroatoms. The van der Waals surface area contributed by atoms with Crippen LogP contribution < -0.4 is 10.7 Å². The van der Waals surface area contributed by atoms with Crippen molar-refractivity contribution >= 4 is 17.7 Å². The number of nitrogens with zero attached hydrogens (tertiary/aromatic N) is 3. The van der Waals surface area contributed by atoms with Gasteiger partial charge in [0.15, 0.2) is 5.76 Å². The maximum Gasteiger partial charge on any atom is 0.289 e. The topological polar surface area (TPSA) is 105 Å². The number of carbonyl (C=O) groups excluding carboxylic acids is 3. The maximum atomic E-state index is 13.4. The summed E-state index contributed by atoms with van der Waals surface area (Å²) in [5.41, 5.74) is -0.558. The lowest BCUT2D eigenvalue weighted by Crippen LogP contribution is -2.51. The standard InChI is InChI=1S/C26H34N4O5/c1-18(2)27-24(32)20-16-28(15-19-7-4-3-5-8-19)17-21(23(20)31)25(33)29-10-12-30(13-11-29)26(34)22-9-6-14-35-22/h6,9,14,16-19H,3-5,7-8,10-13,15H2,1-2H3,(H,27,32). The highest BCUT2D eigenvalue weighted by molar-refractivity contribution is 5.99. The fourth-order valence-corrected chi connectivity index (χ4v) is 4.90. The van der Waals surface area contributed by atoms with Crippen molar-refractivity contribution in [3.8, 4) is 0 Å². The summed E-state index contributed by atoms with van der Waals surface area (Å²) in [7, 11) is 0. The van der Waals surface area contributed by atoms with E-state index in [9.17, 15) is 19.2 Å². The van der Waals surface area contributed by atoms with Crippen LogP contribution >= 0.6 is 0 Å². The van der Waals surface area contributed by atoms with Crippen LogP contribution in [0, 0.1) is 5.92 Å². The molecule has 1 aliphatic heterocycles. The van der Waals surface area contributed by atoms with Gasteiger partial charge in [0.1, 0.15) is 11.1 Å². The highest BCUT2D eigenvalue weighted by Crippen LogP contribution is 2.25. The van der Waals surface area contributed by atoms with Crippen molar-refractivity contribution in [3.63, 3.8) is 0 Å². The zero-order valence-corrected chi connectivity index (χ0v) is 20.5. The van der Waals surface area contributed by atoms with Crippen LogP contribution in [0.4, 0.5) is 0 Å². The normalized spacial score (nSPS) is 17.0. The Labute approximate surface area is 205 Å². The Hall–Kier alpha value is -3.36. The van der Waals surface area contributed by atoms with Gasteiger partial charge < -0.3 is 24.1 Å². The number of nitrogens with one attached hydrogen (secondary N) is 1. The van der Waals surface area contributed by atoms with Gasteiger partial charge in [-0.05, 0) is 44.7 Å². The van der Waals surface area contributed by atoms with E-state index in [1.807, 2.05) is 18.4 Å². The lowest BCUT2D eigenvalue weighted by Gasteiger charge is -2.34. The average molecular weight is 483 g/mol. The van der Waals surface area contributed by atoms with E-state index in [-0.39, 0.29) is 28.8 Å². The molecule has 2 aromatic rings. The monoisotopic (exact) mass is 482 g/mol. The lowest BCUT2D eigenvalue weighted by atomic mass is 9.89. The first kappa shape index (κ1) is 24.8. The summed E-state index contributed by atoms with van der Waals surface area (Å²) < 4.78 is 7.04. The first-order valence-corrected chi connectivity index (χ1v) is 12.5. The van der Waals surface area contributed by atoms with E-state index in [0.717, 1.165) is 12.8 Å². The number of furan rings is 1. The lowest BCUT2D eigenvalue weighted by molar-refractivity contribution is 0.0517. The molecule has 0 atom stereocenters. The van der Waals surface area contributed by atoms with Crippen LogP contribution in [0.3, 0.4) is 0 Å². The highest BCUT2D eigenvalue weighted by Gasteiger charge is 2.29. The molecule has 4 rings (SSSR count). The maximum absolute atomic E-state index is 13.4. The minimum atomic E-state index is -0.554. The summed E-state index contributed by atoms with van der Waals surface area (Å²) in [6.45, 7) is 5.62. The largest absolute Gasteiger partial charge is 0.459 e. The van der Waals surface area contributed by atoms with Crippen molar-refractivity contribution in [2.45, 2.75) is 58.5 Å². The number of rotatable bonds is 6. The molecule has 0 radical (unpaired) electrons. The van der Waals surface area contributed by atoms with Crippen LogP contribution in [0.5, 0.6) is 0 Å². The third-order valence-electron chi connectivity index (χ3n) is 6.75.